The number of benzene rings is 2. The second-order valence-electron chi connectivity index (χ2n) is 5.29. The van der Waals surface area contributed by atoms with Gasteiger partial charge in [0, 0.05) is 5.56 Å². The zero-order valence-corrected chi connectivity index (χ0v) is 11.5. The van der Waals surface area contributed by atoms with Crippen LogP contribution in [0.2, 0.25) is 0 Å². The molecule has 1 aliphatic rings. The fourth-order valence-corrected chi connectivity index (χ4v) is 2.97. The monoisotopic (exact) mass is 271 g/mol. The highest BCUT2D eigenvalue weighted by Crippen LogP contribution is 2.35. The first-order valence-corrected chi connectivity index (χ1v) is 6.65. The van der Waals surface area contributed by atoms with Crippen LogP contribution < -0.4 is 4.68 Å². The Morgan fingerprint density at radius 3 is 2.62 bits per heavy atom. The SMILES string of the molecule is [C-]#[N+]c1cc2c[n+]3n(c2cc1[N+]#[C-])-c1cc(C)ccc1C3. The van der Waals surface area contributed by atoms with Gasteiger partial charge in [-0.05, 0) is 24.6 Å². The van der Waals surface area contributed by atoms with E-state index in [-0.39, 0.29) is 0 Å². The lowest BCUT2D eigenvalue weighted by molar-refractivity contribution is -0.749. The molecule has 0 spiro atoms. The molecular weight excluding hydrogens is 260 g/mol. The molecule has 1 aliphatic heterocycles. The first-order valence-electron chi connectivity index (χ1n) is 6.65. The normalized spacial score (nSPS) is 11.8. The summed E-state index contributed by atoms with van der Waals surface area (Å²) in [6.45, 7) is 17.4. The van der Waals surface area contributed by atoms with Crippen LogP contribution in [0.15, 0.2) is 36.5 Å². The van der Waals surface area contributed by atoms with Crippen molar-refractivity contribution in [2.75, 3.05) is 0 Å². The van der Waals surface area contributed by atoms with Crippen molar-refractivity contribution >= 4 is 22.3 Å². The van der Waals surface area contributed by atoms with Crippen molar-refractivity contribution in [2.45, 2.75) is 13.5 Å². The molecule has 2 aromatic carbocycles. The minimum absolute atomic E-state index is 0.417. The Labute approximate surface area is 122 Å². The van der Waals surface area contributed by atoms with Gasteiger partial charge in [0.2, 0.25) is 6.20 Å². The van der Waals surface area contributed by atoms with Crippen molar-refractivity contribution in [3.8, 4) is 5.69 Å². The van der Waals surface area contributed by atoms with Gasteiger partial charge in [0.05, 0.1) is 18.5 Å². The van der Waals surface area contributed by atoms with Crippen molar-refractivity contribution in [3.63, 3.8) is 0 Å². The average Bonchev–Trinajstić information content (AvgIpc) is 3.00. The molecule has 1 aromatic heterocycles. The standard InChI is InChI=1S/C17H11N4/c1-11-4-5-12-9-20-10-13-7-14(18-2)15(19-3)8-17(13)21(20)16(12)6-11/h4-8,10H,9H2,1H3/q+1. The number of hydrogen-bond donors (Lipinski definition) is 0. The molecule has 0 saturated heterocycles. The predicted molar refractivity (Wildman–Crippen MR) is 79.8 cm³/mol. The lowest BCUT2D eigenvalue weighted by Crippen LogP contribution is -2.36. The third kappa shape index (κ3) is 1.50. The first-order chi connectivity index (χ1) is 10.2. The molecule has 0 atom stereocenters. The molecule has 0 unspecified atom stereocenters. The van der Waals surface area contributed by atoms with E-state index in [1.54, 1.807) is 0 Å². The molecule has 0 N–H and O–H groups in total. The van der Waals surface area contributed by atoms with Crippen LogP contribution in [-0.2, 0) is 6.54 Å². The summed E-state index contributed by atoms with van der Waals surface area (Å²) in [4.78, 5) is 6.93. The van der Waals surface area contributed by atoms with Crippen molar-refractivity contribution in [1.29, 1.82) is 0 Å². The van der Waals surface area contributed by atoms with E-state index in [1.807, 2.05) is 18.3 Å². The summed E-state index contributed by atoms with van der Waals surface area (Å²) < 4.78 is 4.27. The predicted octanol–water partition coefficient (Wildman–Crippen LogP) is 3.69. The van der Waals surface area contributed by atoms with Gasteiger partial charge >= 0.3 is 0 Å². The molecule has 4 rings (SSSR count). The number of fused-ring (bicyclic) bond motifs is 5. The lowest BCUT2D eigenvalue weighted by Gasteiger charge is -2.01. The Morgan fingerprint density at radius 2 is 1.86 bits per heavy atom. The molecule has 4 nitrogen and oxygen atoms in total. The van der Waals surface area contributed by atoms with E-state index in [2.05, 4.69) is 44.2 Å². The number of aryl methyl sites for hydroxylation is 1. The van der Waals surface area contributed by atoms with Crippen LogP contribution in [0, 0.1) is 20.1 Å². The topological polar surface area (TPSA) is 17.5 Å². The van der Waals surface area contributed by atoms with Crippen molar-refractivity contribution < 1.29 is 4.68 Å². The fraction of sp³-hybridized carbons (Fsp3) is 0.118. The third-order valence-electron chi connectivity index (χ3n) is 3.94. The molecule has 0 fully saturated rings. The number of aromatic nitrogens is 2. The number of nitrogens with zero attached hydrogens (tertiary/aromatic N) is 4. The van der Waals surface area contributed by atoms with Crippen LogP contribution in [0.1, 0.15) is 11.1 Å². The smallest absolute Gasteiger partial charge is 0.202 e. The van der Waals surface area contributed by atoms with Crippen LogP contribution in [0.4, 0.5) is 11.4 Å². The fourth-order valence-electron chi connectivity index (χ4n) is 2.97. The molecule has 3 aromatic rings. The molecule has 2 heterocycles. The van der Waals surface area contributed by atoms with E-state index in [4.69, 9.17) is 13.1 Å². The van der Waals surface area contributed by atoms with E-state index in [0.717, 1.165) is 23.1 Å². The van der Waals surface area contributed by atoms with Gasteiger partial charge in [-0.2, -0.15) is 0 Å². The van der Waals surface area contributed by atoms with Gasteiger partial charge in [0.15, 0.2) is 17.9 Å². The zero-order chi connectivity index (χ0) is 14.6. The van der Waals surface area contributed by atoms with Gasteiger partial charge in [0.25, 0.3) is 0 Å². The Hall–Kier alpha value is -3.11. The molecule has 4 heteroatoms. The molecule has 0 radical (unpaired) electrons. The highest BCUT2D eigenvalue weighted by atomic mass is 15.4. The van der Waals surface area contributed by atoms with Crippen molar-refractivity contribution in [3.05, 3.63) is 70.5 Å². The minimum atomic E-state index is 0.417. The van der Waals surface area contributed by atoms with E-state index >= 15 is 0 Å². The quantitative estimate of drug-likeness (QED) is 0.343. The molecule has 0 amide bonds. The van der Waals surface area contributed by atoms with E-state index in [1.165, 1.54) is 11.1 Å². The van der Waals surface area contributed by atoms with Gasteiger partial charge in [-0.1, -0.05) is 18.2 Å². The van der Waals surface area contributed by atoms with Crippen molar-refractivity contribution in [1.82, 2.24) is 4.68 Å². The largest absolute Gasteiger partial charge is 0.250 e. The Balaban J connectivity index is 2.09. The summed E-state index contributed by atoms with van der Waals surface area (Å²) in [7, 11) is 0. The summed E-state index contributed by atoms with van der Waals surface area (Å²) in [6.07, 6.45) is 2.05. The van der Waals surface area contributed by atoms with Crippen molar-refractivity contribution in [2.24, 2.45) is 0 Å². The van der Waals surface area contributed by atoms with E-state index in [0.29, 0.717) is 11.4 Å². The molecule has 0 saturated carbocycles. The summed E-state index contributed by atoms with van der Waals surface area (Å²) in [5.74, 6) is 0. The highest BCUT2D eigenvalue weighted by Gasteiger charge is 2.28. The molecular formula is C17H11N4+. The van der Waals surface area contributed by atoms with Crippen LogP contribution in [-0.4, -0.2) is 4.68 Å². The Morgan fingerprint density at radius 1 is 1.10 bits per heavy atom. The Bertz CT molecular complexity index is 996. The van der Waals surface area contributed by atoms with E-state index in [9.17, 15) is 0 Å². The molecule has 21 heavy (non-hydrogen) atoms. The van der Waals surface area contributed by atoms with Gasteiger partial charge < -0.3 is 0 Å². The molecule has 0 aliphatic carbocycles. The van der Waals surface area contributed by atoms with Gasteiger partial charge in [-0.15, -0.1) is 9.36 Å². The maximum Gasteiger partial charge on any atom is 0.202 e. The maximum atomic E-state index is 7.26. The second kappa shape index (κ2) is 3.94. The number of rotatable bonds is 0. The van der Waals surface area contributed by atoms with E-state index < -0.39 is 0 Å². The minimum Gasteiger partial charge on any atom is -0.250 e. The second-order valence-corrected chi connectivity index (χ2v) is 5.29. The van der Waals surface area contributed by atoms with Gasteiger partial charge in [0.1, 0.15) is 11.2 Å². The van der Waals surface area contributed by atoms with Crippen LogP contribution in [0.3, 0.4) is 0 Å². The summed E-state index contributed by atoms with van der Waals surface area (Å²) >= 11 is 0. The van der Waals surface area contributed by atoms with Crippen LogP contribution in [0.5, 0.6) is 0 Å². The highest BCUT2D eigenvalue weighted by molar-refractivity contribution is 5.91. The summed E-state index contributed by atoms with van der Waals surface area (Å²) in [6, 6.07) is 10.1. The molecule has 98 valence electrons. The first kappa shape index (κ1) is 11.7. The number of hydrogen-bond acceptors (Lipinski definition) is 0. The van der Waals surface area contributed by atoms with Crippen LogP contribution in [0.25, 0.3) is 26.3 Å². The van der Waals surface area contributed by atoms with Crippen LogP contribution >= 0.6 is 0 Å². The third-order valence-corrected chi connectivity index (χ3v) is 3.94. The summed E-state index contributed by atoms with van der Waals surface area (Å²) in [5, 5.41) is 1.00. The van der Waals surface area contributed by atoms with Gasteiger partial charge in [-0.25, -0.2) is 0 Å². The lowest BCUT2D eigenvalue weighted by atomic mass is 10.1. The summed E-state index contributed by atoms with van der Waals surface area (Å²) in [5.41, 5.74) is 5.48. The maximum absolute atomic E-state index is 7.26. The zero-order valence-electron chi connectivity index (χ0n) is 11.5. The average molecular weight is 271 g/mol. The Kier molecular flexibility index (Phi) is 2.20. The van der Waals surface area contributed by atoms with Gasteiger partial charge in [-0.3, -0.25) is 9.69 Å². The molecule has 0 bridgehead atoms.